The van der Waals surface area contributed by atoms with Crippen LogP contribution in [-0.2, 0) is 12.4 Å². The van der Waals surface area contributed by atoms with E-state index in [1.165, 1.54) is 54.4 Å². The lowest BCUT2D eigenvalue weighted by molar-refractivity contribution is -0.138. The van der Waals surface area contributed by atoms with Gasteiger partial charge >= 0.3 is 12.4 Å². The molecule has 4 heterocycles. The van der Waals surface area contributed by atoms with Crippen LogP contribution in [0.2, 0.25) is 5.15 Å². The van der Waals surface area contributed by atoms with Gasteiger partial charge in [-0.05, 0) is 122 Å². The number of anilines is 2. The predicted molar refractivity (Wildman–Crippen MR) is 248 cm³/mol. The summed E-state index contributed by atoms with van der Waals surface area (Å²) in [5, 5.41) is 0.812. The van der Waals surface area contributed by atoms with Crippen molar-refractivity contribution in [2.45, 2.75) is 99.9 Å². The Kier molecular flexibility index (Phi) is 13.7. The molecule has 0 bridgehead atoms. The van der Waals surface area contributed by atoms with E-state index < -0.39 is 52.3 Å². The van der Waals surface area contributed by atoms with Crippen molar-refractivity contribution in [1.29, 1.82) is 0 Å². The second-order valence-electron chi connectivity index (χ2n) is 19.6. The molecule has 69 heavy (non-hydrogen) atoms. The van der Waals surface area contributed by atoms with E-state index in [-0.39, 0.29) is 58.1 Å². The van der Waals surface area contributed by atoms with Gasteiger partial charge in [-0.3, -0.25) is 24.0 Å². The molecule has 0 unspecified atom stereocenters. The Hall–Kier alpha value is -4.69. The number of ether oxygens (including phenoxy) is 2. The van der Waals surface area contributed by atoms with Crippen LogP contribution >= 0.6 is 35.5 Å². The fraction of sp³-hybridized carbons (Fsp3) is 0.500. The summed E-state index contributed by atoms with van der Waals surface area (Å²) >= 11 is 8.52. The minimum absolute atomic E-state index is 0.00248. The summed E-state index contributed by atoms with van der Waals surface area (Å²) in [4.78, 5) is 35.3. The van der Waals surface area contributed by atoms with Crippen LogP contribution in [0.15, 0.2) is 55.0 Å². The number of rotatable bonds is 16. The number of halogens is 9. The molecular formula is C48H49ClF8N6O4S2. The van der Waals surface area contributed by atoms with Crippen LogP contribution in [0.1, 0.15) is 120 Å². The third-order valence-corrected chi connectivity index (χ3v) is 15.2. The summed E-state index contributed by atoms with van der Waals surface area (Å²) in [5.74, 6) is -0.944. The maximum Gasteiger partial charge on any atom is 0.419 e. The number of hydrogen-bond donors (Lipinski definition) is 2. The zero-order valence-electron chi connectivity index (χ0n) is 37.5. The quantitative estimate of drug-likeness (QED) is 0.0640. The molecule has 0 atom stereocenters. The molecule has 4 aliphatic carbocycles. The molecule has 2 aromatic heterocycles. The van der Waals surface area contributed by atoms with E-state index in [4.69, 9.17) is 21.1 Å². The van der Waals surface area contributed by atoms with Crippen LogP contribution in [0.25, 0.3) is 0 Å². The standard InChI is InChI=1S/C24H24ClF4N3O2S.C24H25F4N3O2S/c1-23(10-32(11-23)19-8-21(25)30-9-17(19)24(27,28)29)12-34-20-7-18(26)16(6-15(20)13-2-3-13)22(33)31-35-14-4-5-14;1-23(11-31(12-23)20-6-7-29-10-18(20)24(26,27)28)13-33-21-9-19(25)17(8-16(21)14-2-3-14)22(32)30-34-15-4-5-15/h6-9,13-14H,2-5,10-12H2,1H3,(H,31,33);6-10,14-15H,2-5,11-13H2,1H3,(H,30,32). The topological polar surface area (TPSA) is 109 Å². The molecule has 2 N–H and O–H groups in total. The highest BCUT2D eigenvalue weighted by Crippen LogP contribution is 2.49. The summed E-state index contributed by atoms with van der Waals surface area (Å²) in [7, 11) is 0. The molecular weight excluding hydrogens is 976 g/mol. The van der Waals surface area contributed by atoms with Gasteiger partial charge in [-0.2, -0.15) is 26.3 Å². The van der Waals surface area contributed by atoms with Gasteiger partial charge in [-0.15, -0.1) is 0 Å². The Labute approximate surface area is 407 Å². The van der Waals surface area contributed by atoms with Crippen molar-refractivity contribution in [3.63, 3.8) is 0 Å². The molecule has 6 fully saturated rings. The molecule has 4 saturated carbocycles. The molecule has 2 aromatic carbocycles. The van der Waals surface area contributed by atoms with Crippen molar-refractivity contribution in [2.24, 2.45) is 10.8 Å². The van der Waals surface area contributed by atoms with Crippen LogP contribution < -0.4 is 28.7 Å². The number of benzene rings is 2. The van der Waals surface area contributed by atoms with Gasteiger partial charge in [-0.25, -0.2) is 13.8 Å². The van der Waals surface area contributed by atoms with E-state index >= 15 is 0 Å². The van der Waals surface area contributed by atoms with Crippen LogP contribution in [0.5, 0.6) is 11.5 Å². The fourth-order valence-corrected chi connectivity index (χ4v) is 10.1. The fourth-order valence-electron chi connectivity index (χ4n) is 8.48. The Morgan fingerprint density at radius 2 is 1.12 bits per heavy atom. The normalized spacial score (nSPS) is 19.4. The van der Waals surface area contributed by atoms with Gasteiger partial charge in [0.2, 0.25) is 0 Å². The van der Waals surface area contributed by atoms with E-state index in [0.717, 1.165) is 74.9 Å². The third-order valence-electron chi connectivity index (χ3n) is 12.8. The largest absolute Gasteiger partial charge is 0.492 e. The minimum Gasteiger partial charge on any atom is -0.492 e. The highest BCUT2D eigenvalue weighted by atomic mass is 35.5. The van der Waals surface area contributed by atoms with Crippen molar-refractivity contribution in [1.82, 2.24) is 19.4 Å². The maximum atomic E-state index is 14.8. The van der Waals surface area contributed by atoms with Crippen LogP contribution in [0, 0.1) is 22.5 Å². The number of nitrogens with one attached hydrogen (secondary N) is 2. The van der Waals surface area contributed by atoms with E-state index in [2.05, 4.69) is 19.4 Å². The Morgan fingerprint density at radius 1 is 0.681 bits per heavy atom. The lowest BCUT2D eigenvalue weighted by atomic mass is 9.82. The van der Waals surface area contributed by atoms with Gasteiger partial charge in [0.1, 0.15) is 28.3 Å². The summed E-state index contributed by atoms with van der Waals surface area (Å²) in [6.07, 6.45) is 1.91. The number of alkyl halides is 6. The number of nitrogens with zero attached hydrogens (tertiary/aromatic N) is 4. The first-order valence-corrected chi connectivity index (χ1v) is 24.9. The number of amides is 2. The first-order valence-electron chi connectivity index (χ1n) is 22.7. The SMILES string of the molecule is CC1(COc2cc(F)c(C(=O)NSC3CC3)cc2C2CC2)CN(c2cc(Cl)ncc2C(F)(F)F)C1.CC1(COc2cc(F)c(C(=O)NSC3CC3)cc2C2CC2)CN(c2ccncc2C(F)(F)F)C1. The average Bonchev–Trinajstić information content (AvgIpc) is 4.07. The summed E-state index contributed by atoms with van der Waals surface area (Å²) in [6, 6.07) is 8.29. The number of aromatic nitrogens is 2. The molecule has 0 spiro atoms. The highest BCUT2D eigenvalue weighted by Gasteiger charge is 2.46. The molecule has 10 nitrogen and oxygen atoms in total. The van der Waals surface area contributed by atoms with Gasteiger partial charge in [0.05, 0.1) is 46.8 Å². The molecule has 21 heteroatoms. The second kappa shape index (κ2) is 19.1. The number of hydrogen-bond acceptors (Lipinski definition) is 10. The summed E-state index contributed by atoms with van der Waals surface area (Å²) in [6.45, 7) is 5.66. The molecule has 6 aliphatic rings. The molecule has 0 radical (unpaired) electrons. The molecule has 4 aromatic rings. The van der Waals surface area contributed by atoms with Gasteiger partial charge in [0, 0.05) is 78.2 Å². The van der Waals surface area contributed by atoms with Gasteiger partial charge in [-0.1, -0.05) is 25.4 Å². The van der Waals surface area contributed by atoms with E-state index in [1.807, 2.05) is 13.8 Å². The molecule has 370 valence electrons. The Balaban J connectivity index is 0.000000172. The van der Waals surface area contributed by atoms with E-state index in [0.29, 0.717) is 48.2 Å². The minimum atomic E-state index is -4.54. The van der Waals surface area contributed by atoms with Crippen molar-refractivity contribution in [2.75, 3.05) is 49.2 Å². The van der Waals surface area contributed by atoms with Gasteiger partial charge < -0.3 is 19.3 Å². The molecule has 2 saturated heterocycles. The van der Waals surface area contributed by atoms with Crippen molar-refractivity contribution in [3.8, 4) is 11.5 Å². The predicted octanol–water partition coefficient (Wildman–Crippen LogP) is 11.8. The molecule has 2 amide bonds. The van der Waals surface area contributed by atoms with Crippen molar-refractivity contribution >= 4 is 58.7 Å². The molecule has 10 rings (SSSR count). The van der Waals surface area contributed by atoms with Crippen LogP contribution in [0.3, 0.4) is 0 Å². The van der Waals surface area contributed by atoms with E-state index in [9.17, 15) is 44.7 Å². The smallest absolute Gasteiger partial charge is 0.419 e. The van der Waals surface area contributed by atoms with Gasteiger partial charge in [0.15, 0.2) is 0 Å². The monoisotopic (exact) mass is 1020 g/mol. The summed E-state index contributed by atoms with van der Waals surface area (Å²) in [5.41, 5.74) is -0.704. The Morgan fingerprint density at radius 3 is 1.54 bits per heavy atom. The number of pyridine rings is 2. The average molecular weight is 1030 g/mol. The first-order chi connectivity index (χ1) is 32.6. The lowest BCUT2D eigenvalue weighted by Gasteiger charge is -2.49. The van der Waals surface area contributed by atoms with Crippen molar-refractivity contribution < 1.29 is 54.2 Å². The first kappa shape index (κ1) is 49.3. The van der Waals surface area contributed by atoms with Crippen LogP contribution in [0.4, 0.5) is 46.5 Å². The zero-order chi connectivity index (χ0) is 49.0. The second-order valence-corrected chi connectivity index (χ2v) is 22.2. The third kappa shape index (κ3) is 11.9. The van der Waals surface area contributed by atoms with Gasteiger partial charge in [0.25, 0.3) is 11.8 Å². The molecule has 2 aliphatic heterocycles. The number of carbonyl (C=O) groups is 2. The van der Waals surface area contributed by atoms with Crippen LogP contribution in [-0.4, -0.2) is 71.7 Å². The van der Waals surface area contributed by atoms with Crippen molar-refractivity contribution in [3.05, 3.63) is 105 Å². The zero-order valence-corrected chi connectivity index (χ0v) is 39.9. The Bertz CT molecular complexity index is 2600. The summed E-state index contributed by atoms with van der Waals surface area (Å²) < 4.78 is 127. The maximum absolute atomic E-state index is 14.8. The van der Waals surface area contributed by atoms with E-state index in [1.54, 1.807) is 21.9 Å². The lowest BCUT2D eigenvalue weighted by Crippen LogP contribution is -2.58. The number of carbonyl (C=O) groups excluding carboxylic acids is 2. The highest BCUT2D eigenvalue weighted by molar-refractivity contribution is 7.99.